The van der Waals surface area contributed by atoms with E-state index in [1.54, 1.807) is 0 Å². The zero-order valence-corrected chi connectivity index (χ0v) is 13.7. The highest BCUT2D eigenvalue weighted by Gasteiger charge is 2.21. The highest BCUT2D eigenvalue weighted by atomic mass is 35.5. The first-order valence-corrected chi connectivity index (χ1v) is 7.94. The Balaban J connectivity index is 1.99. The molecule has 0 aromatic heterocycles. The van der Waals surface area contributed by atoms with Crippen LogP contribution in [0.2, 0.25) is 10.0 Å². The number of carbonyl (C=O) groups excluding carboxylic acids is 1. The molecule has 0 aliphatic carbocycles. The fraction of sp³-hybridized carbons (Fsp3) is 0.167. The van der Waals surface area contributed by atoms with Crippen molar-refractivity contribution in [2.24, 2.45) is 0 Å². The zero-order valence-electron chi connectivity index (χ0n) is 12.2. The second-order valence-corrected chi connectivity index (χ2v) is 6.11. The first-order chi connectivity index (χ1) is 11.1. The number of ether oxygens (including phenoxy) is 1. The van der Waals surface area contributed by atoms with Gasteiger partial charge in [0, 0.05) is 23.4 Å². The average molecular weight is 349 g/mol. The molecule has 1 aliphatic rings. The highest BCUT2D eigenvalue weighted by molar-refractivity contribution is 6.36. The summed E-state index contributed by atoms with van der Waals surface area (Å²) in [6.45, 7) is 0.496. The smallest absolute Gasteiger partial charge is 0.192 e. The van der Waals surface area contributed by atoms with Gasteiger partial charge in [-0.2, -0.15) is 0 Å². The van der Waals surface area contributed by atoms with Crippen LogP contribution in [0.3, 0.4) is 0 Å². The minimum absolute atomic E-state index is 0.0658. The molecule has 5 heteroatoms. The van der Waals surface area contributed by atoms with E-state index in [1.165, 1.54) is 12.1 Å². The highest BCUT2D eigenvalue weighted by Crippen LogP contribution is 2.34. The summed E-state index contributed by atoms with van der Waals surface area (Å²) in [4.78, 5) is 12.8. The van der Waals surface area contributed by atoms with E-state index < -0.39 is 0 Å². The third-order valence-electron chi connectivity index (χ3n) is 3.68. The number of Topliss-reactive ketones (excluding diaryl/α,β-unsaturated/α-hetero) is 1. The molecule has 0 unspecified atom stereocenters. The van der Waals surface area contributed by atoms with Gasteiger partial charge in [0.05, 0.1) is 17.2 Å². The number of fused-ring (bicyclic) bond motifs is 1. The number of carbonyl (C=O) groups is 1. The lowest BCUT2D eigenvalue weighted by Crippen LogP contribution is -2.11. The Morgan fingerprint density at radius 3 is 2.78 bits per heavy atom. The van der Waals surface area contributed by atoms with Gasteiger partial charge < -0.3 is 9.84 Å². The number of para-hydroxylation sites is 1. The quantitative estimate of drug-likeness (QED) is 0.790. The van der Waals surface area contributed by atoms with Crippen molar-refractivity contribution in [1.82, 2.24) is 0 Å². The molecule has 2 aromatic rings. The van der Waals surface area contributed by atoms with E-state index in [2.05, 4.69) is 0 Å². The van der Waals surface area contributed by atoms with Crippen LogP contribution in [0, 0.1) is 0 Å². The summed E-state index contributed by atoms with van der Waals surface area (Å²) >= 11 is 11.9. The number of ketones is 1. The van der Waals surface area contributed by atoms with Gasteiger partial charge in [0.2, 0.25) is 0 Å². The van der Waals surface area contributed by atoms with Gasteiger partial charge in [-0.3, -0.25) is 4.79 Å². The summed E-state index contributed by atoms with van der Waals surface area (Å²) in [6, 6.07) is 10.5. The maximum absolute atomic E-state index is 12.8. The molecule has 0 amide bonds. The summed E-state index contributed by atoms with van der Waals surface area (Å²) in [5.74, 6) is 0.261. The minimum atomic E-state index is -0.274. The second-order valence-electron chi connectivity index (χ2n) is 5.26. The van der Waals surface area contributed by atoms with E-state index in [0.29, 0.717) is 30.0 Å². The van der Waals surface area contributed by atoms with Gasteiger partial charge in [-0.25, -0.2) is 0 Å². The Hall–Kier alpha value is -1.97. The Morgan fingerprint density at radius 2 is 1.96 bits per heavy atom. The number of rotatable bonds is 2. The SMILES string of the molecule is O=C(/C1=C\CCOc2ccccc2C1)c1cc(Cl)cc(Cl)c1O. The van der Waals surface area contributed by atoms with Crippen LogP contribution < -0.4 is 4.74 Å². The Kier molecular flexibility index (Phi) is 4.60. The average Bonchev–Trinajstić information content (AvgIpc) is 2.51. The molecule has 118 valence electrons. The van der Waals surface area contributed by atoms with Crippen LogP contribution in [0.5, 0.6) is 11.5 Å². The molecule has 0 saturated carbocycles. The van der Waals surface area contributed by atoms with Crippen molar-refractivity contribution >= 4 is 29.0 Å². The number of benzene rings is 2. The molecule has 0 atom stereocenters. The fourth-order valence-corrected chi connectivity index (χ4v) is 3.05. The number of halogens is 2. The molecule has 3 rings (SSSR count). The van der Waals surface area contributed by atoms with Crippen LogP contribution in [-0.2, 0) is 6.42 Å². The van der Waals surface area contributed by atoms with Crippen molar-refractivity contribution in [2.75, 3.05) is 6.61 Å². The number of phenolic OH excluding ortho intramolecular Hbond substituents is 1. The topological polar surface area (TPSA) is 46.5 Å². The summed E-state index contributed by atoms with van der Waals surface area (Å²) in [5, 5.41) is 10.5. The van der Waals surface area contributed by atoms with Crippen molar-refractivity contribution in [1.29, 1.82) is 0 Å². The van der Waals surface area contributed by atoms with Crippen molar-refractivity contribution in [3.05, 3.63) is 69.2 Å². The molecule has 0 saturated heterocycles. The van der Waals surface area contributed by atoms with Crippen molar-refractivity contribution < 1.29 is 14.6 Å². The third kappa shape index (κ3) is 3.36. The maximum Gasteiger partial charge on any atom is 0.192 e. The van der Waals surface area contributed by atoms with E-state index in [9.17, 15) is 9.90 Å². The van der Waals surface area contributed by atoms with E-state index in [4.69, 9.17) is 27.9 Å². The zero-order chi connectivity index (χ0) is 16.4. The van der Waals surface area contributed by atoms with Crippen LogP contribution in [0.25, 0.3) is 0 Å². The van der Waals surface area contributed by atoms with Crippen molar-refractivity contribution in [3.8, 4) is 11.5 Å². The molecule has 1 N–H and O–H groups in total. The molecule has 23 heavy (non-hydrogen) atoms. The predicted molar refractivity (Wildman–Crippen MR) is 90.8 cm³/mol. The second kappa shape index (κ2) is 6.65. The molecule has 0 spiro atoms. The lowest BCUT2D eigenvalue weighted by Gasteiger charge is -2.16. The Labute approximate surface area is 144 Å². The number of aromatic hydroxyl groups is 1. The van der Waals surface area contributed by atoms with Crippen LogP contribution in [-0.4, -0.2) is 17.5 Å². The summed E-state index contributed by atoms with van der Waals surface area (Å²) in [7, 11) is 0. The Bertz CT molecular complexity index is 797. The summed E-state index contributed by atoms with van der Waals surface area (Å²) in [5.41, 5.74) is 1.64. The first-order valence-electron chi connectivity index (χ1n) is 7.18. The van der Waals surface area contributed by atoms with Gasteiger partial charge in [0.25, 0.3) is 0 Å². The van der Waals surface area contributed by atoms with Gasteiger partial charge in [0.1, 0.15) is 11.5 Å². The molecule has 3 nitrogen and oxygen atoms in total. The molecule has 2 aromatic carbocycles. The molecule has 1 heterocycles. The van der Waals surface area contributed by atoms with Gasteiger partial charge >= 0.3 is 0 Å². The molecule has 0 bridgehead atoms. The predicted octanol–water partition coefficient (Wildman–Crippen LogP) is 4.83. The molecule has 0 radical (unpaired) electrons. The van der Waals surface area contributed by atoms with Gasteiger partial charge in [-0.1, -0.05) is 47.5 Å². The summed E-state index contributed by atoms with van der Waals surface area (Å²) in [6.07, 6.45) is 2.88. The van der Waals surface area contributed by atoms with Crippen LogP contribution >= 0.6 is 23.2 Å². The monoisotopic (exact) mass is 348 g/mol. The molecule has 0 fully saturated rings. The third-order valence-corrected chi connectivity index (χ3v) is 4.19. The maximum atomic E-state index is 12.8. The number of allylic oxidation sites excluding steroid dienone is 1. The standard InChI is InChI=1S/C18H14Cl2O3/c19-13-9-14(18(22)15(20)10-13)17(21)12-5-3-7-23-16-6-2-1-4-11(16)8-12/h1-2,4-6,9-10,22H,3,7-8H2/b12-5-. The van der Waals surface area contributed by atoms with E-state index >= 15 is 0 Å². The summed E-state index contributed by atoms with van der Waals surface area (Å²) < 4.78 is 5.68. The van der Waals surface area contributed by atoms with Gasteiger partial charge in [-0.05, 0) is 23.8 Å². The largest absolute Gasteiger partial charge is 0.506 e. The molecule has 1 aliphatic heterocycles. The minimum Gasteiger partial charge on any atom is -0.506 e. The Morgan fingerprint density at radius 1 is 1.17 bits per heavy atom. The van der Waals surface area contributed by atoms with E-state index in [1.807, 2.05) is 30.3 Å². The molecular formula is C18H14Cl2O3. The van der Waals surface area contributed by atoms with Crippen LogP contribution in [0.15, 0.2) is 48.0 Å². The van der Waals surface area contributed by atoms with E-state index in [0.717, 1.165) is 11.3 Å². The van der Waals surface area contributed by atoms with Crippen molar-refractivity contribution in [2.45, 2.75) is 12.8 Å². The molecular weight excluding hydrogens is 335 g/mol. The van der Waals surface area contributed by atoms with Gasteiger partial charge in [0.15, 0.2) is 5.78 Å². The van der Waals surface area contributed by atoms with Crippen molar-refractivity contribution in [3.63, 3.8) is 0 Å². The van der Waals surface area contributed by atoms with Crippen LogP contribution in [0.4, 0.5) is 0 Å². The number of hydrogen-bond acceptors (Lipinski definition) is 3. The number of phenols is 1. The normalized spacial score (nSPS) is 16.3. The van der Waals surface area contributed by atoms with E-state index in [-0.39, 0.29) is 22.1 Å². The van der Waals surface area contributed by atoms with Crippen LogP contribution in [0.1, 0.15) is 22.3 Å². The van der Waals surface area contributed by atoms with Gasteiger partial charge in [-0.15, -0.1) is 0 Å². The fourth-order valence-electron chi connectivity index (χ4n) is 2.56. The lowest BCUT2D eigenvalue weighted by atomic mass is 9.94. The number of hydrogen-bond donors (Lipinski definition) is 1. The first kappa shape index (κ1) is 15.9. The lowest BCUT2D eigenvalue weighted by molar-refractivity contribution is 0.102.